The Balaban J connectivity index is 0.00000672. The fourth-order valence-electron chi connectivity index (χ4n) is 18.7. The maximum Gasteiger partial charge on any atom is 0.336 e. The first-order valence-electron chi connectivity index (χ1n) is 30.2. The Kier molecular flexibility index (Phi) is 16.6. The molecule has 5 aliphatic heterocycles. The smallest absolute Gasteiger partial charge is 0.336 e. The summed E-state index contributed by atoms with van der Waals surface area (Å²) in [4.78, 5) is 27.2. The van der Waals surface area contributed by atoms with E-state index in [4.69, 9.17) is 9.47 Å². The molecule has 5 saturated heterocycles. The zero-order chi connectivity index (χ0) is 53.7. The summed E-state index contributed by atoms with van der Waals surface area (Å²) < 4.78 is 11.9. The monoisotopic (exact) mass is 1110 g/mol. The number of hydrogen-bond acceptors (Lipinski definition) is 12. The van der Waals surface area contributed by atoms with E-state index in [1.165, 1.54) is 51.4 Å². The van der Waals surface area contributed by atoms with Crippen LogP contribution in [0.1, 0.15) is 190 Å². The molecular weight excluding hydrogens is 1020 g/mol. The zero-order valence-electron chi connectivity index (χ0n) is 48.5. The van der Waals surface area contributed by atoms with E-state index in [0.717, 1.165) is 24.0 Å². The van der Waals surface area contributed by atoms with Gasteiger partial charge in [-0.3, -0.25) is 42.5 Å². The van der Waals surface area contributed by atoms with Crippen LogP contribution in [0.3, 0.4) is 0 Å². The van der Waals surface area contributed by atoms with Gasteiger partial charge in [-0.2, -0.15) is 0 Å². The first kappa shape index (κ1) is 57.5. The second kappa shape index (κ2) is 22.2. The summed E-state index contributed by atoms with van der Waals surface area (Å²) in [6.45, 7) is 26.8. The van der Waals surface area contributed by atoms with Crippen LogP contribution in [0, 0.1) is 81.3 Å². The molecule has 9 fully saturated rings. The second-order valence-electron chi connectivity index (χ2n) is 28.5. The minimum absolute atomic E-state index is 0. The Morgan fingerprint density at radius 2 is 0.779 bits per heavy atom. The summed E-state index contributed by atoms with van der Waals surface area (Å²) in [6, 6.07) is 11.1. The average molecular weight is 1110 g/mol. The average Bonchev–Trinajstić information content (AvgIpc) is 4.25. The number of carboxylic acids is 2. The van der Waals surface area contributed by atoms with Crippen molar-refractivity contribution in [3.63, 3.8) is 0 Å². The van der Waals surface area contributed by atoms with E-state index in [9.17, 15) is 19.8 Å². The van der Waals surface area contributed by atoms with Crippen LogP contribution < -0.4 is 52.0 Å². The minimum Gasteiger partial charge on any atom is -0.494 e. The molecule has 2 aromatic carbocycles. The molecule has 77 heavy (non-hydrogen) atoms. The minimum atomic E-state index is -1.01. The molecule has 10 N–H and O–H groups in total. The third kappa shape index (κ3) is 10.7. The van der Waals surface area contributed by atoms with Crippen LogP contribution in [-0.2, 0) is 19.5 Å². The van der Waals surface area contributed by atoms with Crippen molar-refractivity contribution in [2.75, 3.05) is 13.2 Å². The number of nitrogens with one attached hydrogen (secondary N) is 8. The van der Waals surface area contributed by atoms with Crippen molar-refractivity contribution in [1.82, 2.24) is 42.5 Å². The van der Waals surface area contributed by atoms with Crippen LogP contribution in [0.25, 0.3) is 0 Å². The van der Waals surface area contributed by atoms with Gasteiger partial charge in [0, 0.05) is 25.4 Å². The Labute approximate surface area is 473 Å². The number of carbonyl (C=O) groups is 2. The van der Waals surface area contributed by atoms with Crippen molar-refractivity contribution < 1.29 is 48.8 Å². The molecule has 0 aromatic heterocycles. The van der Waals surface area contributed by atoms with Crippen molar-refractivity contribution in [2.45, 2.75) is 208 Å². The molecule has 9 aliphatic rings. The van der Waals surface area contributed by atoms with E-state index >= 15 is 0 Å². The molecule has 8 bridgehead atoms. The topological polar surface area (TPSA) is 189 Å². The van der Waals surface area contributed by atoms with E-state index in [-0.39, 0.29) is 120 Å². The fraction of sp³-hybridized carbons (Fsp3) is 0.774. The molecular formula is C62H96N8O6Zn. The number of ether oxygens (including phenoxy) is 2. The Hall–Kier alpha value is -2.72. The van der Waals surface area contributed by atoms with Crippen LogP contribution in [0.2, 0.25) is 0 Å². The predicted octanol–water partition coefficient (Wildman–Crippen LogP) is 9.40. The largest absolute Gasteiger partial charge is 0.494 e. The first-order chi connectivity index (χ1) is 36.1. The van der Waals surface area contributed by atoms with E-state index in [1.54, 1.807) is 12.1 Å². The number of carboxylic acid groups (broad SMARTS) is 2. The number of fused-ring (bicyclic) bond motifs is 20. The van der Waals surface area contributed by atoms with Gasteiger partial charge in [0.1, 0.15) is 11.5 Å². The number of rotatable bonds is 8. The van der Waals surface area contributed by atoms with Gasteiger partial charge in [-0.15, -0.1) is 0 Å². The Morgan fingerprint density at radius 1 is 0.455 bits per heavy atom. The van der Waals surface area contributed by atoms with Crippen molar-refractivity contribution in [1.29, 1.82) is 0 Å². The van der Waals surface area contributed by atoms with Gasteiger partial charge in [-0.25, -0.2) is 9.59 Å². The fourth-order valence-corrected chi connectivity index (χ4v) is 18.7. The van der Waals surface area contributed by atoms with Crippen molar-refractivity contribution in [3.05, 3.63) is 58.7 Å². The van der Waals surface area contributed by atoms with Crippen molar-refractivity contribution in [2.24, 2.45) is 81.3 Å². The first-order valence-corrected chi connectivity index (χ1v) is 30.2. The summed E-state index contributed by atoms with van der Waals surface area (Å²) in [5.41, 5.74) is 2.27. The SMILES string of the molecule is CCOc1ccc(C2CCC3C4NC(NC5NC(NC6NC(NC7NC(N4)C4C7CCCC4C(C)(C)C)C4C6CCCC4C(C)(C)C)C4C5CCCC4C(C)(C)C)C3C2c2ccc(OCC)cc2C(=O)O)c(C(=O)O)c1.[Zn]. The predicted molar refractivity (Wildman–Crippen MR) is 298 cm³/mol. The maximum absolute atomic E-state index is 13.7. The van der Waals surface area contributed by atoms with Gasteiger partial charge in [0.25, 0.3) is 0 Å². The zero-order valence-corrected chi connectivity index (χ0v) is 51.5. The molecule has 2 aromatic rings. The number of benzene rings is 2. The normalized spacial score (nSPS) is 40.8. The van der Waals surface area contributed by atoms with E-state index < -0.39 is 11.9 Å². The van der Waals surface area contributed by atoms with Gasteiger partial charge in [0.15, 0.2) is 0 Å². The van der Waals surface area contributed by atoms with E-state index in [0.29, 0.717) is 84.4 Å². The van der Waals surface area contributed by atoms with Crippen LogP contribution in [0.4, 0.5) is 0 Å². The summed E-state index contributed by atoms with van der Waals surface area (Å²) in [7, 11) is 0. The molecule has 0 amide bonds. The second-order valence-corrected chi connectivity index (χ2v) is 28.5. The van der Waals surface area contributed by atoms with Crippen LogP contribution in [-0.4, -0.2) is 84.7 Å². The van der Waals surface area contributed by atoms with Gasteiger partial charge in [-0.1, -0.05) is 93.7 Å². The maximum atomic E-state index is 13.7. The summed E-state index contributed by atoms with van der Waals surface area (Å²) in [5, 5.41) is 57.3. The quantitative estimate of drug-likeness (QED) is 0.113. The van der Waals surface area contributed by atoms with Crippen LogP contribution >= 0.6 is 0 Å². The standard InChI is InChI=1S/C62H96N8O6.Zn/c1-12-75-31-23-25-33(40(29-31)58(71)72)34-27-28-39-49(45(34)35-26-24-32(76-13-2)30-41(35)59(73)74)57-69-52-38-19-16-22-44(62(9,10)11)48(38)55(67-52)65-50-36-17-14-20-42(60(3,4)5)46(36)54(63-50)64-51-37-18-15-21-43(61(6,7)8)47(37)56(66-51)68-53(39)70-57;/h23-26,29-30,34,36-39,42-57,63-70H,12-22,27-28H2,1-11H3,(H,71,72)(H,73,74);. The van der Waals surface area contributed by atoms with E-state index in [1.807, 2.05) is 38.1 Å². The molecule has 14 nitrogen and oxygen atoms in total. The van der Waals surface area contributed by atoms with Gasteiger partial charge in [0.2, 0.25) is 0 Å². The molecule has 422 valence electrons. The van der Waals surface area contributed by atoms with E-state index in [2.05, 4.69) is 105 Å². The van der Waals surface area contributed by atoms with Gasteiger partial charge in [0.05, 0.1) is 73.7 Å². The van der Waals surface area contributed by atoms with Crippen LogP contribution in [0.15, 0.2) is 36.4 Å². The molecule has 21 unspecified atom stereocenters. The summed E-state index contributed by atoms with van der Waals surface area (Å²) >= 11 is 0. The van der Waals surface area contributed by atoms with Gasteiger partial charge >= 0.3 is 11.9 Å². The molecule has 4 aliphatic carbocycles. The van der Waals surface area contributed by atoms with Crippen molar-refractivity contribution >= 4 is 11.9 Å². The van der Waals surface area contributed by atoms with Crippen molar-refractivity contribution in [3.8, 4) is 11.5 Å². The third-order valence-corrected chi connectivity index (χ3v) is 21.5. The number of aromatic carboxylic acids is 2. The molecule has 5 heterocycles. The molecule has 0 radical (unpaired) electrons. The van der Waals surface area contributed by atoms with Crippen LogP contribution in [0.5, 0.6) is 11.5 Å². The summed E-state index contributed by atoms with van der Waals surface area (Å²) in [6.07, 6.45) is 12.5. The number of hydrogen-bond donors (Lipinski definition) is 10. The Bertz CT molecular complexity index is 2420. The van der Waals surface area contributed by atoms with Gasteiger partial charge in [-0.05, 0) is 188 Å². The molecule has 0 spiro atoms. The summed E-state index contributed by atoms with van der Waals surface area (Å²) in [5.74, 6) is 2.45. The molecule has 15 heteroatoms. The molecule has 11 rings (SSSR count). The van der Waals surface area contributed by atoms with Gasteiger partial charge < -0.3 is 19.7 Å². The molecule has 21 atom stereocenters. The Morgan fingerprint density at radius 3 is 1.12 bits per heavy atom. The third-order valence-electron chi connectivity index (χ3n) is 21.5. The molecule has 4 saturated carbocycles.